The van der Waals surface area contributed by atoms with Crippen LogP contribution in [0, 0.1) is 5.82 Å². The third-order valence-electron chi connectivity index (χ3n) is 7.20. The van der Waals surface area contributed by atoms with Gasteiger partial charge in [-0.15, -0.1) is 0 Å². The second-order valence-corrected chi connectivity index (χ2v) is 9.50. The molecule has 0 bridgehead atoms. The molecule has 2 atom stereocenters. The number of halogens is 1. The molecule has 1 aliphatic carbocycles. The number of benzene rings is 3. The van der Waals surface area contributed by atoms with Crippen molar-refractivity contribution in [2.24, 2.45) is 0 Å². The van der Waals surface area contributed by atoms with Crippen LogP contribution in [0.1, 0.15) is 42.7 Å². The number of carbonyl (C=O) groups excluding carboxylic acids is 2. The zero-order valence-electron chi connectivity index (χ0n) is 21.5. The molecule has 3 aromatic carbocycles. The van der Waals surface area contributed by atoms with Crippen molar-refractivity contribution in [3.05, 3.63) is 112 Å². The molecule has 0 fully saturated rings. The highest BCUT2D eigenvalue weighted by Crippen LogP contribution is 2.48. The summed E-state index contributed by atoms with van der Waals surface area (Å²) in [4.78, 5) is 27.6. The largest absolute Gasteiger partial charge is 0.497 e. The molecule has 194 valence electrons. The number of ketones is 1. The monoisotopic (exact) mass is 512 g/mol. The quantitative estimate of drug-likeness (QED) is 0.434. The van der Waals surface area contributed by atoms with Crippen molar-refractivity contribution >= 4 is 17.4 Å². The minimum atomic E-state index is -0.656. The first kappa shape index (κ1) is 25.3. The van der Waals surface area contributed by atoms with Crippen LogP contribution in [0.5, 0.6) is 11.5 Å². The lowest BCUT2D eigenvalue weighted by Crippen LogP contribution is -2.37. The van der Waals surface area contributed by atoms with E-state index in [0.717, 1.165) is 11.3 Å². The molecular weight excluding hydrogens is 483 g/mol. The third kappa shape index (κ3) is 4.79. The van der Waals surface area contributed by atoms with Gasteiger partial charge in [-0.3, -0.25) is 9.59 Å². The van der Waals surface area contributed by atoms with Gasteiger partial charge >= 0.3 is 0 Å². The predicted octanol–water partition coefficient (Wildman–Crippen LogP) is 5.84. The minimum Gasteiger partial charge on any atom is -0.497 e. The Morgan fingerprint density at radius 2 is 1.71 bits per heavy atom. The Hall–Kier alpha value is -4.39. The van der Waals surface area contributed by atoms with Crippen molar-refractivity contribution in [1.29, 1.82) is 0 Å². The summed E-state index contributed by atoms with van der Waals surface area (Å²) in [6.07, 6.45) is 0.982. The molecule has 0 unspecified atom stereocenters. The lowest BCUT2D eigenvalue weighted by molar-refractivity contribution is -0.116. The van der Waals surface area contributed by atoms with Crippen LogP contribution in [0.15, 0.2) is 95.3 Å². The average molecular weight is 513 g/mol. The van der Waals surface area contributed by atoms with Gasteiger partial charge in [-0.05, 0) is 55.2 Å². The third-order valence-corrected chi connectivity index (χ3v) is 7.20. The molecule has 38 heavy (non-hydrogen) atoms. The number of hydrogen-bond acceptors (Lipinski definition) is 5. The van der Waals surface area contributed by atoms with Gasteiger partial charge in [-0.25, -0.2) is 4.39 Å². The van der Waals surface area contributed by atoms with Crippen LogP contribution < -0.4 is 20.1 Å². The van der Waals surface area contributed by atoms with Crippen LogP contribution in [0.2, 0.25) is 0 Å². The van der Waals surface area contributed by atoms with Crippen molar-refractivity contribution in [3.63, 3.8) is 0 Å². The Labute approximate surface area is 221 Å². The highest BCUT2D eigenvalue weighted by molar-refractivity contribution is 6.10. The fraction of sp³-hybridized carbons (Fsp3) is 0.226. The predicted molar refractivity (Wildman–Crippen MR) is 144 cm³/mol. The first-order chi connectivity index (χ1) is 18.4. The average Bonchev–Trinajstić information content (AvgIpc) is 2.93. The van der Waals surface area contributed by atoms with Gasteiger partial charge in [0, 0.05) is 46.3 Å². The van der Waals surface area contributed by atoms with Gasteiger partial charge in [0.2, 0.25) is 0 Å². The molecule has 0 radical (unpaired) electrons. The highest BCUT2D eigenvalue weighted by atomic mass is 19.1. The number of ether oxygens (including phenoxy) is 2. The van der Waals surface area contributed by atoms with E-state index in [-0.39, 0.29) is 17.6 Å². The number of carbonyl (C=O) groups is 2. The van der Waals surface area contributed by atoms with Gasteiger partial charge in [-0.1, -0.05) is 36.4 Å². The first-order valence-electron chi connectivity index (χ1n) is 12.5. The van der Waals surface area contributed by atoms with Crippen molar-refractivity contribution < 1.29 is 23.5 Å². The van der Waals surface area contributed by atoms with Crippen LogP contribution in [-0.2, 0) is 9.59 Å². The van der Waals surface area contributed by atoms with Gasteiger partial charge in [-0.2, -0.15) is 0 Å². The molecule has 1 amide bonds. The second kappa shape index (κ2) is 10.5. The smallest absolute Gasteiger partial charge is 0.254 e. The number of rotatable bonds is 6. The van der Waals surface area contributed by atoms with E-state index in [2.05, 4.69) is 10.6 Å². The molecule has 1 aliphatic heterocycles. The molecule has 5 rings (SSSR count). The Morgan fingerprint density at radius 3 is 2.39 bits per heavy atom. The molecule has 2 N–H and O–H groups in total. The fourth-order valence-corrected chi connectivity index (χ4v) is 5.40. The van der Waals surface area contributed by atoms with Crippen LogP contribution in [-0.4, -0.2) is 25.9 Å². The highest BCUT2D eigenvalue weighted by Gasteiger charge is 2.42. The molecule has 0 spiro atoms. The van der Waals surface area contributed by atoms with Crippen LogP contribution in [0.25, 0.3) is 0 Å². The summed E-state index contributed by atoms with van der Waals surface area (Å²) in [6, 6.07) is 21.0. The van der Waals surface area contributed by atoms with E-state index in [1.54, 1.807) is 26.4 Å². The van der Waals surface area contributed by atoms with E-state index in [4.69, 9.17) is 9.47 Å². The molecular formula is C31H29FN2O4. The standard InChI is InChI=1S/C31H29FN2O4/c1-18-28(31(36)34-22-11-9-21(32)10-12-22)29(24-14-13-23(37-2)17-27(24)38-3)30-25(33-18)15-20(16-26(30)35)19-7-5-4-6-8-19/h4-14,17,20,29,33H,15-16H2,1-3H3,(H,34,36)/t20-,29-/m0/s1. The molecule has 7 heteroatoms. The number of Topliss-reactive ketones (excluding diaryl/α,β-unsaturated/α-hetero) is 1. The summed E-state index contributed by atoms with van der Waals surface area (Å²) in [5, 5.41) is 6.26. The van der Waals surface area contributed by atoms with Crippen LogP contribution in [0.3, 0.4) is 0 Å². The summed E-state index contributed by atoms with van der Waals surface area (Å²) in [7, 11) is 3.12. The van der Waals surface area contributed by atoms with Gasteiger partial charge < -0.3 is 20.1 Å². The van der Waals surface area contributed by atoms with Crippen LogP contribution in [0.4, 0.5) is 10.1 Å². The molecule has 6 nitrogen and oxygen atoms in total. The van der Waals surface area contributed by atoms with E-state index in [1.165, 1.54) is 24.3 Å². The van der Waals surface area contributed by atoms with E-state index in [0.29, 0.717) is 52.4 Å². The first-order valence-corrected chi connectivity index (χ1v) is 12.5. The molecule has 0 saturated carbocycles. The van der Waals surface area contributed by atoms with E-state index in [9.17, 15) is 14.0 Å². The van der Waals surface area contributed by atoms with Gasteiger partial charge in [0.05, 0.1) is 20.1 Å². The number of anilines is 1. The molecule has 0 aromatic heterocycles. The van der Waals surface area contributed by atoms with Gasteiger partial charge in [0.25, 0.3) is 5.91 Å². The van der Waals surface area contributed by atoms with Crippen molar-refractivity contribution in [1.82, 2.24) is 5.32 Å². The topological polar surface area (TPSA) is 76.7 Å². The van der Waals surface area contributed by atoms with Crippen molar-refractivity contribution in [2.75, 3.05) is 19.5 Å². The molecule has 0 saturated heterocycles. The number of dihydropyridines is 1. The zero-order chi connectivity index (χ0) is 26.8. The summed E-state index contributed by atoms with van der Waals surface area (Å²) in [5.74, 6) is -0.294. The SMILES string of the molecule is COc1ccc([C@H]2C(C(=O)Nc3ccc(F)cc3)=C(C)NC3=C2C(=O)C[C@@H](c2ccccc2)C3)c(OC)c1. The minimum absolute atomic E-state index is 0.0185. The summed E-state index contributed by atoms with van der Waals surface area (Å²) in [5.41, 5.74) is 4.68. The lowest BCUT2D eigenvalue weighted by Gasteiger charge is -2.37. The fourth-order valence-electron chi connectivity index (χ4n) is 5.40. The number of hydrogen-bond donors (Lipinski definition) is 2. The molecule has 3 aromatic rings. The van der Waals surface area contributed by atoms with Gasteiger partial charge in [0.15, 0.2) is 5.78 Å². The Balaban J connectivity index is 1.61. The Bertz CT molecular complexity index is 1440. The Kier molecular flexibility index (Phi) is 7.01. The molecule has 2 aliphatic rings. The number of amides is 1. The maximum Gasteiger partial charge on any atom is 0.254 e. The summed E-state index contributed by atoms with van der Waals surface area (Å²) in [6.45, 7) is 1.84. The number of allylic oxidation sites excluding steroid dienone is 3. The van der Waals surface area contributed by atoms with E-state index in [1.807, 2.05) is 43.3 Å². The summed E-state index contributed by atoms with van der Waals surface area (Å²) < 4.78 is 24.5. The number of methoxy groups -OCH3 is 2. The van der Waals surface area contributed by atoms with Crippen LogP contribution >= 0.6 is 0 Å². The van der Waals surface area contributed by atoms with Crippen molar-refractivity contribution in [3.8, 4) is 11.5 Å². The molecule has 1 heterocycles. The second-order valence-electron chi connectivity index (χ2n) is 9.50. The Morgan fingerprint density at radius 1 is 0.974 bits per heavy atom. The number of nitrogens with one attached hydrogen (secondary N) is 2. The normalized spacial score (nSPS) is 19.0. The lowest BCUT2D eigenvalue weighted by atomic mass is 9.71. The van der Waals surface area contributed by atoms with Gasteiger partial charge in [0.1, 0.15) is 17.3 Å². The maximum absolute atomic E-state index is 13.8. The maximum atomic E-state index is 13.8. The zero-order valence-corrected chi connectivity index (χ0v) is 21.5. The van der Waals surface area contributed by atoms with E-state index < -0.39 is 11.7 Å². The van der Waals surface area contributed by atoms with E-state index >= 15 is 0 Å². The van der Waals surface area contributed by atoms with Crippen molar-refractivity contribution in [2.45, 2.75) is 31.6 Å². The summed E-state index contributed by atoms with van der Waals surface area (Å²) >= 11 is 0.